The molecule has 0 amide bonds. The Hall–Kier alpha value is -0.440. The third kappa shape index (κ3) is 4.44. The molecule has 70 valence electrons. The summed E-state index contributed by atoms with van der Waals surface area (Å²) >= 11 is 3.79. The molecular weight excluding hydrogens is 168 g/mol. The summed E-state index contributed by atoms with van der Waals surface area (Å²) in [5.41, 5.74) is 0. The van der Waals surface area contributed by atoms with Crippen LogP contribution in [-0.4, -0.2) is 10.3 Å². The molecule has 0 aliphatic heterocycles. The molecule has 0 saturated heterocycles. The van der Waals surface area contributed by atoms with Gasteiger partial charge in [-0.05, 0) is 19.6 Å². The summed E-state index contributed by atoms with van der Waals surface area (Å²) in [7, 11) is 0. The molecule has 1 rings (SSSR count). The topological polar surface area (TPSA) is 8.81 Å². The van der Waals surface area contributed by atoms with Crippen molar-refractivity contribution in [1.29, 1.82) is 0 Å². The number of nitrogens with zero attached hydrogens (tertiary/aromatic N) is 2. The highest BCUT2D eigenvalue weighted by Crippen LogP contribution is 1.81. The first kappa shape index (κ1) is 11.6. The normalized spacial score (nSPS) is 9.00. The first-order valence-electron chi connectivity index (χ1n) is 4.44. The lowest BCUT2D eigenvalue weighted by Gasteiger charge is -1.84. The van der Waals surface area contributed by atoms with Crippen molar-refractivity contribution in [1.82, 2.24) is 4.57 Å². The van der Waals surface area contributed by atoms with Crippen molar-refractivity contribution in [3.8, 4) is 0 Å². The molecule has 2 nitrogen and oxygen atoms in total. The lowest BCUT2D eigenvalue weighted by Crippen LogP contribution is -2.28. The number of thiol groups is 1. The van der Waals surface area contributed by atoms with Gasteiger partial charge in [-0.3, -0.25) is 0 Å². The van der Waals surface area contributed by atoms with Gasteiger partial charge in [0.25, 0.3) is 0 Å². The van der Waals surface area contributed by atoms with Gasteiger partial charge in [-0.1, -0.05) is 6.92 Å². The average Bonchev–Trinajstić information content (AvgIpc) is 2.53. The van der Waals surface area contributed by atoms with Gasteiger partial charge in [0.1, 0.15) is 12.4 Å². The molecule has 0 N–H and O–H groups in total. The van der Waals surface area contributed by atoms with Crippen molar-refractivity contribution in [3.63, 3.8) is 0 Å². The van der Waals surface area contributed by atoms with Crippen LogP contribution in [0.1, 0.15) is 20.8 Å². The average molecular weight is 187 g/mol. The molecule has 0 saturated carbocycles. The number of imidazole rings is 1. The van der Waals surface area contributed by atoms with Gasteiger partial charge in [-0.25, -0.2) is 9.13 Å². The molecule has 0 spiro atoms. The summed E-state index contributed by atoms with van der Waals surface area (Å²) in [5.74, 6) is 0.944. The Kier molecular flexibility index (Phi) is 6.96. The van der Waals surface area contributed by atoms with E-state index in [2.05, 4.69) is 54.3 Å². The molecule has 12 heavy (non-hydrogen) atoms. The van der Waals surface area contributed by atoms with E-state index in [-0.39, 0.29) is 0 Å². The van der Waals surface area contributed by atoms with Crippen molar-refractivity contribution < 1.29 is 4.57 Å². The van der Waals surface area contributed by atoms with Gasteiger partial charge in [0.2, 0.25) is 6.33 Å². The van der Waals surface area contributed by atoms with Gasteiger partial charge < -0.3 is 0 Å². The van der Waals surface area contributed by atoms with Crippen LogP contribution in [0, 0.1) is 0 Å². The van der Waals surface area contributed by atoms with Crippen molar-refractivity contribution in [3.05, 3.63) is 18.7 Å². The fourth-order valence-corrected chi connectivity index (χ4v) is 0.813. The van der Waals surface area contributed by atoms with Crippen LogP contribution in [0.5, 0.6) is 0 Å². The molecule has 0 radical (unpaired) electrons. The minimum Gasteiger partial charge on any atom is -0.237 e. The van der Waals surface area contributed by atoms with Crippen LogP contribution < -0.4 is 4.57 Å². The summed E-state index contributed by atoms with van der Waals surface area (Å²) < 4.78 is 4.31. The molecule has 0 fully saturated rings. The summed E-state index contributed by atoms with van der Waals surface area (Å²) in [4.78, 5) is 0. The Morgan fingerprint density at radius 1 is 1.33 bits per heavy atom. The monoisotopic (exact) mass is 187 g/mol. The Morgan fingerprint density at radius 3 is 2.17 bits per heavy atom. The maximum atomic E-state index is 3.79. The fraction of sp³-hybridized carbons (Fsp3) is 0.667. The third-order valence-electron chi connectivity index (χ3n) is 1.48. The SMILES string of the molecule is CCS.CCn1cc[n+](CC)c1. The van der Waals surface area contributed by atoms with Gasteiger partial charge in [-0.2, -0.15) is 12.6 Å². The Labute approximate surface area is 80.6 Å². The number of aromatic nitrogens is 2. The van der Waals surface area contributed by atoms with Gasteiger partial charge in [0.15, 0.2) is 0 Å². The van der Waals surface area contributed by atoms with Crippen LogP contribution in [0.15, 0.2) is 18.7 Å². The zero-order valence-corrected chi connectivity index (χ0v) is 9.09. The summed E-state index contributed by atoms with van der Waals surface area (Å²) in [6.07, 6.45) is 6.28. The van der Waals surface area contributed by atoms with Crippen LogP contribution in [0.2, 0.25) is 0 Å². The van der Waals surface area contributed by atoms with Gasteiger partial charge >= 0.3 is 0 Å². The second-order valence-corrected chi connectivity index (χ2v) is 3.02. The summed E-state index contributed by atoms with van der Waals surface area (Å²) in [6, 6.07) is 0. The molecule has 0 atom stereocenters. The maximum absolute atomic E-state index is 3.79. The van der Waals surface area contributed by atoms with Crippen molar-refractivity contribution in [2.75, 3.05) is 5.75 Å². The van der Waals surface area contributed by atoms with E-state index in [0.29, 0.717) is 0 Å². The van der Waals surface area contributed by atoms with Crippen LogP contribution in [0.3, 0.4) is 0 Å². The fourth-order valence-electron chi connectivity index (χ4n) is 0.813. The highest BCUT2D eigenvalue weighted by atomic mass is 32.1. The van der Waals surface area contributed by atoms with Crippen molar-refractivity contribution in [2.24, 2.45) is 0 Å². The second-order valence-electron chi connectivity index (χ2n) is 2.39. The maximum Gasteiger partial charge on any atom is 0.243 e. The zero-order valence-electron chi connectivity index (χ0n) is 8.20. The molecule has 1 heterocycles. The standard InChI is InChI=1S/C7H13N2.C2H6S/c1-3-8-5-6-9(4-2)7-8;1-2-3/h5-7H,3-4H2,1-2H3;3H,2H2,1H3/q+1;. The van der Waals surface area contributed by atoms with Crippen LogP contribution in [0.4, 0.5) is 0 Å². The lowest BCUT2D eigenvalue weighted by atomic mass is 10.7. The number of rotatable bonds is 2. The highest BCUT2D eigenvalue weighted by Gasteiger charge is 1.95. The quantitative estimate of drug-likeness (QED) is 0.533. The van der Waals surface area contributed by atoms with Gasteiger partial charge in [0.05, 0.1) is 13.1 Å². The predicted octanol–water partition coefficient (Wildman–Crippen LogP) is 1.75. The van der Waals surface area contributed by atoms with E-state index in [1.165, 1.54) is 0 Å². The Morgan fingerprint density at radius 2 is 1.92 bits per heavy atom. The number of aryl methyl sites for hydroxylation is 2. The van der Waals surface area contributed by atoms with E-state index in [9.17, 15) is 0 Å². The lowest BCUT2D eigenvalue weighted by molar-refractivity contribution is -0.693. The molecule has 0 bridgehead atoms. The van der Waals surface area contributed by atoms with Gasteiger partial charge in [0, 0.05) is 0 Å². The molecule has 0 aliphatic rings. The summed E-state index contributed by atoms with van der Waals surface area (Å²) in [5, 5.41) is 0. The Balaban J connectivity index is 0.000000354. The summed E-state index contributed by atoms with van der Waals surface area (Å²) in [6.45, 7) is 8.39. The van der Waals surface area contributed by atoms with E-state index >= 15 is 0 Å². The third-order valence-corrected chi connectivity index (χ3v) is 1.48. The first-order chi connectivity index (χ1) is 5.78. The number of hydrogen-bond donors (Lipinski definition) is 1. The highest BCUT2D eigenvalue weighted by molar-refractivity contribution is 7.80. The van der Waals surface area contributed by atoms with Crippen LogP contribution in [-0.2, 0) is 13.1 Å². The molecule has 0 unspecified atom stereocenters. The van der Waals surface area contributed by atoms with E-state index < -0.39 is 0 Å². The molecule has 1 aromatic rings. The zero-order chi connectivity index (χ0) is 9.40. The molecule has 0 aliphatic carbocycles. The van der Waals surface area contributed by atoms with E-state index in [1.54, 1.807) is 0 Å². The molecule has 1 aromatic heterocycles. The largest absolute Gasteiger partial charge is 0.243 e. The predicted molar refractivity (Wildman–Crippen MR) is 55.5 cm³/mol. The van der Waals surface area contributed by atoms with E-state index in [4.69, 9.17) is 0 Å². The van der Waals surface area contributed by atoms with E-state index in [0.717, 1.165) is 18.8 Å². The molecule has 0 aromatic carbocycles. The van der Waals surface area contributed by atoms with E-state index in [1.807, 2.05) is 6.92 Å². The second kappa shape index (κ2) is 7.22. The van der Waals surface area contributed by atoms with Gasteiger partial charge in [-0.15, -0.1) is 0 Å². The molecular formula is C9H19N2S+. The minimum atomic E-state index is 0.944. The van der Waals surface area contributed by atoms with Crippen LogP contribution in [0.25, 0.3) is 0 Å². The Bertz CT molecular complexity index is 178. The smallest absolute Gasteiger partial charge is 0.237 e. The molecule has 3 heteroatoms. The van der Waals surface area contributed by atoms with Crippen molar-refractivity contribution in [2.45, 2.75) is 33.9 Å². The number of hydrogen-bond acceptors (Lipinski definition) is 1. The first-order valence-corrected chi connectivity index (χ1v) is 5.07. The van der Waals surface area contributed by atoms with Crippen molar-refractivity contribution >= 4 is 12.6 Å². The minimum absolute atomic E-state index is 0.944. The van der Waals surface area contributed by atoms with Crippen LogP contribution >= 0.6 is 12.6 Å².